The predicted molar refractivity (Wildman–Crippen MR) is 93.9 cm³/mol. The standard InChI is InChI=1S/C15H24Br2N2O3/c1-10(2)19(14(20)22-15(3,4)5)7-6-18-9-11-8-12(16)13(17)21-11/h8,10,18H,6-7,9H2,1-5H3. The van der Waals surface area contributed by atoms with Crippen LogP contribution < -0.4 is 5.32 Å². The van der Waals surface area contributed by atoms with Crippen LogP contribution in [0.1, 0.15) is 40.4 Å². The molecule has 0 aliphatic carbocycles. The second-order valence-electron chi connectivity index (χ2n) is 6.28. The number of hydrogen-bond donors (Lipinski definition) is 1. The molecule has 0 aromatic carbocycles. The van der Waals surface area contributed by atoms with Crippen molar-refractivity contribution in [1.82, 2.24) is 10.2 Å². The first-order chi connectivity index (χ1) is 10.1. The van der Waals surface area contributed by atoms with Crippen LogP contribution in [0.25, 0.3) is 0 Å². The molecule has 0 aliphatic rings. The van der Waals surface area contributed by atoms with E-state index in [1.54, 1.807) is 4.90 Å². The minimum absolute atomic E-state index is 0.0866. The van der Waals surface area contributed by atoms with Crippen molar-refractivity contribution in [2.45, 2.75) is 52.8 Å². The fourth-order valence-electron chi connectivity index (χ4n) is 1.77. The summed E-state index contributed by atoms with van der Waals surface area (Å²) in [6.07, 6.45) is -0.284. The Balaban J connectivity index is 2.43. The Hall–Kier alpha value is -0.530. The Morgan fingerprint density at radius 2 is 2.05 bits per heavy atom. The molecule has 22 heavy (non-hydrogen) atoms. The fraction of sp³-hybridized carbons (Fsp3) is 0.667. The lowest BCUT2D eigenvalue weighted by Crippen LogP contribution is -2.44. The van der Waals surface area contributed by atoms with Gasteiger partial charge in [0.2, 0.25) is 0 Å². The SMILES string of the molecule is CC(C)N(CCNCc1cc(Br)c(Br)o1)C(=O)OC(C)(C)C. The molecule has 0 atom stereocenters. The van der Waals surface area contributed by atoms with Crippen molar-refractivity contribution in [2.75, 3.05) is 13.1 Å². The van der Waals surface area contributed by atoms with Gasteiger partial charge in [-0.25, -0.2) is 4.79 Å². The monoisotopic (exact) mass is 438 g/mol. The van der Waals surface area contributed by atoms with E-state index in [9.17, 15) is 4.79 Å². The average Bonchev–Trinajstić information content (AvgIpc) is 2.65. The average molecular weight is 440 g/mol. The Morgan fingerprint density at radius 3 is 2.50 bits per heavy atom. The van der Waals surface area contributed by atoms with E-state index < -0.39 is 5.60 Å². The minimum Gasteiger partial charge on any atom is -0.452 e. The molecule has 0 fully saturated rings. The van der Waals surface area contributed by atoms with Gasteiger partial charge in [-0.3, -0.25) is 0 Å². The number of halogens is 2. The summed E-state index contributed by atoms with van der Waals surface area (Å²) in [4.78, 5) is 13.9. The molecule has 5 nitrogen and oxygen atoms in total. The molecule has 1 aromatic heterocycles. The topological polar surface area (TPSA) is 54.7 Å². The normalized spacial score (nSPS) is 11.8. The Kier molecular flexibility index (Phi) is 7.41. The number of nitrogens with one attached hydrogen (secondary N) is 1. The van der Waals surface area contributed by atoms with E-state index in [2.05, 4.69) is 37.2 Å². The summed E-state index contributed by atoms with van der Waals surface area (Å²) in [6, 6.07) is 1.99. The van der Waals surface area contributed by atoms with E-state index in [4.69, 9.17) is 9.15 Å². The number of hydrogen-bond acceptors (Lipinski definition) is 4. The quantitative estimate of drug-likeness (QED) is 0.661. The highest BCUT2D eigenvalue weighted by atomic mass is 79.9. The van der Waals surface area contributed by atoms with Gasteiger partial charge in [0.15, 0.2) is 4.67 Å². The first kappa shape index (κ1) is 19.5. The summed E-state index contributed by atoms with van der Waals surface area (Å²) in [5.74, 6) is 0.826. The van der Waals surface area contributed by atoms with Gasteiger partial charge < -0.3 is 19.4 Å². The molecule has 0 radical (unpaired) electrons. The molecular weight excluding hydrogens is 416 g/mol. The minimum atomic E-state index is -0.482. The van der Waals surface area contributed by atoms with E-state index >= 15 is 0 Å². The second-order valence-corrected chi connectivity index (χ2v) is 7.85. The summed E-state index contributed by atoms with van der Waals surface area (Å²) in [6.45, 7) is 11.4. The number of rotatable bonds is 6. The maximum absolute atomic E-state index is 12.2. The van der Waals surface area contributed by atoms with Crippen molar-refractivity contribution in [1.29, 1.82) is 0 Å². The molecule has 0 bridgehead atoms. The highest BCUT2D eigenvalue weighted by Gasteiger charge is 2.23. The molecule has 1 rings (SSSR count). The van der Waals surface area contributed by atoms with E-state index in [1.165, 1.54) is 0 Å². The smallest absolute Gasteiger partial charge is 0.410 e. The van der Waals surface area contributed by atoms with Crippen LogP contribution in [0.2, 0.25) is 0 Å². The van der Waals surface area contributed by atoms with Crippen LogP contribution in [0.4, 0.5) is 4.79 Å². The number of amides is 1. The van der Waals surface area contributed by atoms with E-state index in [1.807, 2.05) is 40.7 Å². The molecule has 126 valence electrons. The van der Waals surface area contributed by atoms with Crippen LogP contribution in [-0.2, 0) is 11.3 Å². The van der Waals surface area contributed by atoms with E-state index in [0.717, 1.165) is 10.2 Å². The largest absolute Gasteiger partial charge is 0.452 e. The van der Waals surface area contributed by atoms with Crippen molar-refractivity contribution >= 4 is 38.0 Å². The Labute approximate surface area is 149 Å². The van der Waals surface area contributed by atoms with Gasteiger partial charge in [0, 0.05) is 19.1 Å². The van der Waals surface area contributed by atoms with E-state index in [0.29, 0.717) is 24.3 Å². The van der Waals surface area contributed by atoms with Gasteiger partial charge in [-0.1, -0.05) is 0 Å². The van der Waals surface area contributed by atoms with Crippen molar-refractivity contribution < 1.29 is 13.9 Å². The zero-order valence-corrected chi connectivity index (χ0v) is 16.9. The lowest BCUT2D eigenvalue weighted by molar-refractivity contribution is 0.0193. The third kappa shape index (κ3) is 6.71. The molecule has 0 unspecified atom stereocenters. The number of carbonyl (C=O) groups excluding carboxylic acids is 1. The first-order valence-corrected chi connectivity index (χ1v) is 8.83. The molecule has 1 heterocycles. The number of ether oxygens (including phenoxy) is 1. The maximum Gasteiger partial charge on any atom is 0.410 e. The van der Waals surface area contributed by atoms with Crippen LogP contribution in [0.5, 0.6) is 0 Å². The predicted octanol–water partition coefficient (Wildman–Crippen LogP) is 4.54. The summed E-state index contributed by atoms with van der Waals surface area (Å²) < 4.78 is 12.5. The highest BCUT2D eigenvalue weighted by Crippen LogP contribution is 2.26. The summed E-state index contributed by atoms with van der Waals surface area (Å²) >= 11 is 6.68. The highest BCUT2D eigenvalue weighted by molar-refractivity contribution is 9.13. The molecule has 1 N–H and O–H groups in total. The maximum atomic E-state index is 12.2. The first-order valence-electron chi connectivity index (χ1n) is 7.24. The molecule has 0 aliphatic heterocycles. The summed E-state index contributed by atoms with van der Waals surface area (Å²) in [5, 5.41) is 3.26. The molecule has 0 saturated carbocycles. The third-order valence-electron chi connectivity index (χ3n) is 2.78. The second kappa shape index (κ2) is 8.36. The lowest BCUT2D eigenvalue weighted by atomic mass is 10.2. The molecule has 0 saturated heterocycles. The molecule has 1 aromatic rings. The van der Waals surface area contributed by atoms with Crippen LogP contribution in [0.15, 0.2) is 19.6 Å². The Morgan fingerprint density at radius 1 is 1.41 bits per heavy atom. The van der Waals surface area contributed by atoms with E-state index in [-0.39, 0.29) is 12.1 Å². The van der Waals surface area contributed by atoms with Gasteiger partial charge in [0.1, 0.15) is 11.4 Å². The van der Waals surface area contributed by atoms with Gasteiger partial charge >= 0.3 is 6.09 Å². The van der Waals surface area contributed by atoms with Crippen LogP contribution in [-0.4, -0.2) is 35.7 Å². The van der Waals surface area contributed by atoms with Crippen molar-refractivity contribution in [2.24, 2.45) is 0 Å². The van der Waals surface area contributed by atoms with Crippen molar-refractivity contribution in [3.05, 3.63) is 21.0 Å². The van der Waals surface area contributed by atoms with Gasteiger partial charge in [0.05, 0.1) is 11.0 Å². The van der Waals surface area contributed by atoms with Crippen molar-refractivity contribution in [3.63, 3.8) is 0 Å². The summed E-state index contributed by atoms with van der Waals surface area (Å²) in [7, 11) is 0. The molecule has 0 spiro atoms. The lowest BCUT2D eigenvalue weighted by Gasteiger charge is -2.30. The van der Waals surface area contributed by atoms with Gasteiger partial charge in [-0.15, -0.1) is 0 Å². The van der Waals surface area contributed by atoms with Gasteiger partial charge in [0.25, 0.3) is 0 Å². The molecule has 7 heteroatoms. The Bertz CT molecular complexity index is 476. The number of nitrogens with zero attached hydrogens (tertiary/aromatic N) is 1. The van der Waals surface area contributed by atoms with Crippen LogP contribution in [0.3, 0.4) is 0 Å². The number of furan rings is 1. The fourth-order valence-corrected chi connectivity index (χ4v) is 2.43. The number of carbonyl (C=O) groups is 1. The third-order valence-corrected chi connectivity index (χ3v) is 4.49. The van der Waals surface area contributed by atoms with Gasteiger partial charge in [-0.05, 0) is 72.5 Å². The van der Waals surface area contributed by atoms with Gasteiger partial charge in [-0.2, -0.15) is 0 Å². The summed E-state index contributed by atoms with van der Waals surface area (Å²) in [5.41, 5.74) is -0.482. The van der Waals surface area contributed by atoms with Crippen LogP contribution >= 0.6 is 31.9 Å². The van der Waals surface area contributed by atoms with Crippen molar-refractivity contribution in [3.8, 4) is 0 Å². The molecule has 1 amide bonds. The zero-order chi connectivity index (χ0) is 16.9. The zero-order valence-electron chi connectivity index (χ0n) is 13.7. The molecular formula is C15H24Br2N2O3. The van der Waals surface area contributed by atoms with Crippen LogP contribution in [0, 0.1) is 0 Å².